The van der Waals surface area contributed by atoms with Gasteiger partial charge < -0.3 is 25.7 Å². The Hall–Kier alpha value is -4.36. The van der Waals surface area contributed by atoms with Gasteiger partial charge in [-0.05, 0) is 18.1 Å². The molecule has 1 aromatic heterocycles. The van der Waals surface area contributed by atoms with E-state index in [4.69, 9.17) is 15.5 Å². The second-order valence-corrected chi connectivity index (χ2v) is 6.64. The Balaban J connectivity index is 2.23. The number of nitriles is 1. The topological polar surface area (TPSA) is 186 Å². The maximum atomic E-state index is 13.9. The van der Waals surface area contributed by atoms with E-state index in [1.165, 1.54) is 18.3 Å². The number of ketones is 1. The molecule has 0 radical (unpaired) electrons. The number of amides is 1. The van der Waals surface area contributed by atoms with E-state index in [1.54, 1.807) is 12.1 Å². The molecule has 0 fully saturated rings. The zero-order chi connectivity index (χ0) is 23.7. The molecule has 2 atom stereocenters. The minimum absolute atomic E-state index is 0.178. The number of fused-ring (bicyclic) bond motifs is 1. The van der Waals surface area contributed by atoms with E-state index in [0.717, 1.165) is 0 Å². The van der Waals surface area contributed by atoms with Crippen molar-refractivity contribution < 1.29 is 38.2 Å². The van der Waals surface area contributed by atoms with Crippen LogP contribution in [0.15, 0.2) is 24.4 Å². The average molecular weight is 443 g/mol. The smallest absolute Gasteiger partial charge is 0.326 e. The van der Waals surface area contributed by atoms with Crippen LogP contribution in [0.1, 0.15) is 24.8 Å². The van der Waals surface area contributed by atoms with E-state index >= 15 is 0 Å². The van der Waals surface area contributed by atoms with Crippen molar-refractivity contribution in [3.05, 3.63) is 41.3 Å². The molecule has 0 spiro atoms. The first-order valence-electron chi connectivity index (χ1n) is 9.31. The number of H-pyrrole nitrogens is 1. The van der Waals surface area contributed by atoms with Gasteiger partial charge in [-0.25, -0.2) is 9.18 Å². The van der Waals surface area contributed by atoms with Gasteiger partial charge in [0.05, 0.1) is 11.6 Å². The van der Waals surface area contributed by atoms with Gasteiger partial charge in [0.15, 0.2) is 6.10 Å². The number of carbonyl (C=O) groups is 4. The normalized spacial score (nSPS) is 12.1. The molecule has 2 rings (SSSR count). The molecule has 0 bridgehead atoms. The third kappa shape index (κ3) is 6.32. The number of carboxylic acid groups (broad SMARTS) is 1. The molecule has 1 aromatic carbocycles. The van der Waals surface area contributed by atoms with Crippen LogP contribution in [-0.4, -0.2) is 56.9 Å². The number of aromatic nitrogens is 1. The molecule has 2 unspecified atom stereocenters. The molecule has 0 saturated heterocycles. The van der Waals surface area contributed by atoms with Crippen molar-refractivity contribution in [2.45, 2.75) is 37.8 Å². The highest BCUT2D eigenvalue weighted by Crippen LogP contribution is 2.22. The summed E-state index contributed by atoms with van der Waals surface area (Å²) in [6, 6.07) is 4.36. The number of nitrogens with zero attached hydrogens (tertiary/aromatic N) is 3. The quantitative estimate of drug-likeness (QED) is 0.199. The van der Waals surface area contributed by atoms with E-state index < -0.39 is 48.0 Å². The molecule has 1 amide bonds. The van der Waals surface area contributed by atoms with Crippen LogP contribution in [0.25, 0.3) is 16.4 Å². The van der Waals surface area contributed by atoms with Crippen molar-refractivity contribution in [3.63, 3.8) is 0 Å². The molecule has 0 aliphatic heterocycles. The van der Waals surface area contributed by atoms with E-state index in [0.29, 0.717) is 17.2 Å². The van der Waals surface area contributed by atoms with Crippen LogP contribution in [0.2, 0.25) is 0 Å². The summed E-state index contributed by atoms with van der Waals surface area (Å²) in [5.74, 6) is -4.61. The van der Waals surface area contributed by atoms with Gasteiger partial charge in [0.2, 0.25) is 5.78 Å². The van der Waals surface area contributed by atoms with Crippen LogP contribution in [-0.2, 0) is 30.3 Å². The zero-order valence-electron chi connectivity index (χ0n) is 16.6. The van der Waals surface area contributed by atoms with Crippen LogP contribution >= 0.6 is 0 Å². The fraction of sp³-hybridized carbons (Fsp3) is 0.300. The van der Waals surface area contributed by atoms with Crippen molar-refractivity contribution in [1.82, 2.24) is 10.3 Å². The number of nitrogens with one attached hydrogen (secondary N) is 2. The minimum atomic E-state index is -1.52. The number of Topliss-reactive ketones (excluding diaryl/α,β-unsaturated/α-hetero) is 1. The second-order valence-electron chi connectivity index (χ2n) is 6.64. The number of carbonyl (C=O) groups excluding carboxylic acids is 3. The molecule has 0 aliphatic rings. The molecule has 166 valence electrons. The molecule has 1 heterocycles. The monoisotopic (exact) mass is 443 g/mol. The molecular weight excluding hydrogens is 425 g/mol. The summed E-state index contributed by atoms with van der Waals surface area (Å²) < 4.78 is 19.0. The molecule has 32 heavy (non-hydrogen) atoms. The Morgan fingerprint density at radius 3 is 2.78 bits per heavy atom. The number of aromatic amines is 1. The third-order valence-electron chi connectivity index (χ3n) is 4.44. The molecular formula is C20H18FN5O6. The standard InChI is InChI=1S/C20H18FN5O6/c21-14-3-1-2-13-11(9-24-18(13)14)8-16(32-17(28)6-7-22)19(29)26-15(20(30)31)5-4-12(27)10-25-23/h1-3,9-10,15-16,24H,4-6,8H2,(H,26,29)(H,30,31). The van der Waals surface area contributed by atoms with Gasteiger partial charge in [-0.2, -0.15) is 10.1 Å². The molecule has 11 nitrogen and oxygen atoms in total. The molecule has 12 heteroatoms. The Morgan fingerprint density at radius 2 is 2.12 bits per heavy atom. The van der Waals surface area contributed by atoms with Crippen LogP contribution in [0.3, 0.4) is 0 Å². The van der Waals surface area contributed by atoms with Crippen LogP contribution in [0, 0.1) is 17.1 Å². The van der Waals surface area contributed by atoms with Gasteiger partial charge in [0.1, 0.15) is 18.3 Å². The van der Waals surface area contributed by atoms with Gasteiger partial charge in [-0.3, -0.25) is 14.4 Å². The number of hydrogen-bond donors (Lipinski definition) is 3. The van der Waals surface area contributed by atoms with Gasteiger partial charge in [0.25, 0.3) is 5.91 Å². The van der Waals surface area contributed by atoms with Crippen LogP contribution in [0.5, 0.6) is 0 Å². The van der Waals surface area contributed by atoms with E-state index in [-0.39, 0.29) is 24.8 Å². The van der Waals surface area contributed by atoms with Crippen molar-refractivity contribution in [1.29, 1.82) is 5.26 Å². The summed E-state index contributed by atoms with van der Waals surface area (Å²) in [4.78, 5) is 52.7. The third-order valence-corrected chi connectivity index (χ3v) is 4.44. The second kappa shape index (κ2) is 11.1. The zero-order valence-corrected chi connectivity index (χ0v) is 16.6. The first-order valence-corrected chi connectivity index (χ1v) is 9.31. The lowest BCUT2D eigenvalue weighted by Crippen LogP contribution is -2.47. The maximum absolute atomic E-state index is 13.9. The first kappa shape index (κ1) is 23.9. The Bertz CT molecular complexity index is 1130. The lowest BCUT2D eigenvalue weighted by molar-refractivity contribution is -0.156. The number of para-hydroxylation sites is 1. The van der Waals surface area contributed by atoms with Crippen molar-refractivity contribution in [3.8, 4) is 6.07 Å². The summed E-state index contributed by atoms with van der Waals surface area (Å²) >= 11 is 0. The Morgan fingerprint density at radius 1 is 1.38 bits per heavy atom. The predicted molar refractivity (Wildman–Crippen MR) is 106 cm³/mol. The maximum Gasteiger partial charge on any atom is 0.326 e. The van der Waals surface area contributed by atoms with Gasteiger partial charge in [-0.1, -0.05) is 12.1 Å². The number of rotatable bonds is 11. The first-order chi connectivity index (χ1) is 15.3. The van der Waals surface area contributed by atoms with Gasteiger partial charge in [0, 0.05) is 24.4 Å². The highest BCUT2D eigenvalue weighted by molar-refractivity contribution is 6.25. The van der Waals surface area contributed by atoms with Crippen molar-refractivity contribution in [2.75, 3.05) is 0 Å². The van der Waals surface area contributed by atoms with Crippen molar-refractivity contribution >= 4 is 40.7 Å². The summed E-state index contributed by atoms with van der Waals surface area (Å²) in [6.07, 6.45) is -1.00. The number of benzene rings is 1. The largest absolute Gasteiger partial charge is 0.480 e. The number of esters is 1. The van der Waals surface area contributed by atoms with E-state index in [9.17, 15) is 28.7 Å². The average Bonchev–Trinajstić information content (AvgIpc) is 3.15. The summed E-state index contributed by atoms with van der Waals surface area (Å²) in [7, 11) is 0. The summed E-state index contributed by atoms with van der Waals surface area (Å²) in [5, 5.41) is 20.6. The summed E-state index contributed by atoms with van der Waals surface area (Å²) in [5.41, 5.74) is 8.94. The highest BCUT2D eigenvalue weighted by Gasteiger charge is 2.29. The van der Waals surface area contributed by atoms with E-state index in [1.807, 2.05) is 0 Å². The highest BCUT2D eigenvalue weighted by atomic mass is 19.1. The van der Waals surface area contributed by atoms with E-state index in [2.05, 4.69) is 15.1 Å². The number of halogens is 1. The number of hydrogen-bond acceptors (Lipinski definition) is 6. The van der Waals surface area contributed by atoms with Gasteiger partial charge in [-0.15, -0.1) is 0 Å². The van der Waals surface area contributed by atoms with Crippen molar-refractivity contribution in [2.24, 2.45) is 0 Å². The fourth-order valence-corrected chi connectivity index (χ4v) is 2.93. The molecule has 0 aliphatic carbocycles. The molecule has 0 saturated carbocycles. The molecule has 2 aromatic rings. The van der Waals surface area contributed by atoms with Crippen LogP contribution in [0.4, 0.5) is 4.39 Å². The van der Waals surface area contributed by atoms with Crippen LogP contribution < -0.4 is 5.32 Å². The summed E-state index contributed by atoms with van der Waals surface area (Å²) in [6.45, 7) is 0. The lowest BCUT2D eigenvalue weighted by Gasteiger charge is -2.20. The number of carboxylic acids is 1. The number of ether oxygens (including phenoxy) is 1. The Labute approximate surface area is 180 Å². The van der Waals surface area contributed by atoms with Gasteiger partial charge >= 0.3 is 18.2 Å². The number of aliphatic carboxylic acids is 1. The SMILES string of the molecule is N#CCC(=O)OC(Cc1c[nH]c2c(F)cccc12)C(=O)NC(CCC(=O)C=[N+]=[N-])C(=O)O. The fourth-order valence-electron chi connectivity index (χ4n) is 2.93. The minimum Gasteiger partial charge on any atom is -0.480 e. The molecule has 3 N–H and O–H groups in total. The lowest BCUT2D eigenvalue weighted by atomic mass is 10.0. The predicted octanol–water partition coefficient (Wildman–Crippen LogP) is 0.894. The Kier molecular flexibility index (Phi) is 8.33.